The zero-order valence-electron chi connectivity index (χ0n) is 13.9. The summed E-state index contributed by atoms with van der Waals surface area (Å²) in [6, 6.07) is 1.82. The second-order valence-electron chi connectivity index (χ2n) is 7.21. The minimum atomic E-state index is -0.789. The molecule has 3 aliphatic rings. The van der Waals surface area contributed by atoms with Crippen LogP contribution in [0.1, 0.15) is 24.3 Å². The van der Waals surface area contributed by atoms with Gasteiger partial charge in [-0.05, 0) is 13.3 Å². The molecule has 0 aliphatic carbocycles. The Morgan fingerprint density at radius 1 is 1.42 bits per heavy atom. The Labute approximate surface area is 140 Å². The molecule has 3 aliphatic heterocycles. The first-order valence-electron chi connectivity index (χ1n) is 8.67. The van der Waals surface area contributed by atoms with Crippen LogP contribution in [-0.4, -0.2) is 65.7 Å². The average molecular weight is 336 g/mol. The van der Waals surface area contributed by atoms with E-state index < -0.39 is 5.60 Å². The van der Waals surface area contributed by atoms with E-state index in [9.17, 15) is 9.90 Å². The van der Waals surface area contributed by atoms with Crippen molar-refractivity contribution in [1.82, 2.24) is 10.1 Å². The van der Waals surface area contributed by atoms with E-state index in [1.165, 1.54) is 0 Å². The Balaban J connectivity index is 1.57. The number of nitrogens with zero attached hydrogens (tertiary/aromatic N) is 2. The van der Waals surface area contributed by atoms with Crippen LogP contribution in [0.25, 0.3) is 0 Å². The highest BCUT2D eigenvalue weighted by Gasteiger charge is 2.56. The number of aromatic nitrogens is 1. The van der Waals surface area contributed by atoms with Gasteiger partial charge in [0.25, 0.3) is 0 Å². The standard InChI is InChI=1S/C17H24N2O5/c1-11-6-13(24-18-11)7-16(20)19-8-12-9-23-5-3-17(12,21)14-10-22-4-2-15(14)19/h6,12,14-15,21H,2-5,7-10H2,1H3/t12-,14+,15-,17-/m1/s1. The maximum Gasteiger partial charge on any atom is 0.230 e. The summed E-state index contributed by atoms with van der Waals surface area (Å²) < 4.78 is 16.4. The molecular weight excluding hydrogens is 312 g/mol. The van der Waals surface area contributed by atoms with Crippen LogP contribution < -0.4 is 0 Å². The lowest BCUT2D eigenvalue weighted by molar-refractivity contribution is -0.219. The number of hydrogen-bond donors (Lipinski definition) is 1. The molecule has 3 fully saturated rings. The summed E-state index contributed by atoms with van der Waals surface area (Å²) in [7, 11) is 0. The van der Waals surface area contributed by atoms with E-state index >= 15 is 0 Å². The number of likely N-dealkylation sites (tertiary alicyclic amines) is 1. The maximum absolute atomic E-state index is 12.9. The average Bonchev–Trinajstić information content (AvgIpc) is 2.99. The molecular formula is C17H24N2O5. The molecule has 4 rings (SSSR count). The second-order valence-corrected chi connectivity index (χ2v) is 7.21. The van der Waals surface area contributed by atoms with E-state index in [1.54, 1.807) is 6.07 Å². The molecule has 0 spiro atoms. The highest BCUT2D eigenvalue weighted by Crippen LogP contribution is 2.44. The van der Waals surface area contributed by atoms with E-state index in [1.807, 2.05) is 11.8 Å². The summed E-state index contributed by atoms with van der Waals surface area (Å²) >= 11 is 0. The maximum atomic E-state index is 12.9. The van der Waals surface area contributed by atoms with Crippen LogP contribution in [0, 0.1) is 18.8 Å². The summed E-state index contributed by atoms with van der Waals surface area (Å²) in [4.78, 5) is 14.8. The van der Waals surface area contributed by atoms with Crippen molar-refractivity contribution in [2.24, 2.45) is 11.8 Å². The Hall–Kier alpha value is -1.44. The zero-order valence-corrected chi connectivity index (χ0v) is 13.9. The van der Waals surface area contributed by atoms with Gasteiger partial charge in [0.05, 0.1) is 30.9 Å². The van der Waals surface area contributed by atoms with Crippen LogP contribution in [0.4, 0.5) is 0 Å². The first-order valence-corrected chi connectivity index (χ1v) is 8.67. The molecule has 1 N–H and O–H groups in total. The Kier molecular flexibility index (Phi) is 4.10. The van der Waals surface area contributed by atoms with Gasteiger partial charge in [-0.15, -0.1) is 0 Å². The van der Waals surface area contributed by atoms with Crippen LogP contribution >= 0.6 is 0 Å². The molecule has 0 bridgehead atoms. The third-order valence-corrected chi connectivity index (χ3v) is 5.77. The Morgan fingerprint density at radius 3 is 3.04 bits per heavy atom. The lowest BCUT2D eigenvalue weighted by Gasteiger charge is -2.57. The fraction of sp³-hybridized carbons (Fsp3) is 0.765. The van der Waals surface area contributed by atoms with Gasteiger partial charge in [-0.1, -0.05) is 5.16 Å². The summed E-state index contributed by atoms with van der Waals surface area (Å²) in [5.74, 6) is 0.501. The fourth-order valence-electron chi connectivity index (χ4n) is 4.50. The molecule has 1 aromatic heterocycles. The van der Waals surface area contributed by atoms with Crippen molar-refractivity contribution in [3.63, 3.8) is 0 Å². The molecule has 3 saturated heterocycles. The number of amides is 1. The number of piperidine rings is 1. The lowest BCUT2D eigenvalue weighted by Crippen LogP contribution is -2.69. The number of ether oxygens (including phenoxy) is 2. The van der Waals surface area contributed by atoms with Gasteiger partial charge in [-0.25, -0.2) is 0 Å². The molecule has 1 amide bonds. The number of carbonyl (C=O) groups is 1. The van der Waals surface area contributed by atoms with Gasteiger partial charge >= 0.3 is 0 Å². The van der Waals surface area contributed by atoms with E-state index in [4.69, 9.17) is 14.0 Å². The summed E-state index contributed by atoms with van der Waals surface area (Å²) in [5, 5.41) is 15.1. The van der Waals surface area contributed by atoms with Crippen molar-refractivity contribution in [2.45, 2.75) is 37.8 Å². The third-order valence-electron chi connectivity index (χ3n) is 5.77. The minimum Gasteiger partial charge on any atom is -0.389 e. The predicted octanol–water partition coefficient (Wildman–Crippen LogP) is 0.540. The fourth-order valence-corrected chi connectivity index (χ4v) is 4.50. The van der Waals surface area contributed by atoms with Gasteiger partial charge < -0.3 is 24.0 Å². The number of hydrogen-bond acceptors (Lipinski definition) is 6. The van der Waals surface area contributed by atoms with Crippen LogP contribution in [0.15, 0.2) is 10.6 Å². The SMILES string of the molecule is Cc1cc(CC(=O)N2C[C@@H]3COCC[C@]3(O)[C@H]3COCC[C@H]32)on1. The van der Waals surface area contributed by atoms with E-state index in [2.05, 4.69) is 5.16 Å². The summed E-state index contributed by atoms with van der Waals surface area (Å²) in [6.45, 7) is 4.56. The first kappa shape index (κ1) is 16.1. The van der Waals surface area contributed by atoms with Crippen LogP contribution in [0.5, 0.6) is 0 Å². The van der Waals surface area contributed by atoms with Crippen molar-refractivity contribution in [2.75, 3.05) is 33.0 Å². The van der Waals surface area contributed by atoms with Gasteiger partial charge in [0.1, 0.15) is 5.76 Å². The van der Waals surface area contributed by atoms with Gasteiger partial charge in [0.15, 0.2) is 0 Å². The van der Waals surface area contributed by atoms with Crippen LogP contribution in [0.3, 0.4) is 0 Å². The Morgan fingerprint density at radius 2 is 2.25 bits per heavy atom. The molecule has 132 valence electrons. The third kappa shape index (κ3) is 2.64. The van der Waals surface area contributed by atoms with Crippen molar-refractivity contribution in [3.8, 4) is 0 Å². The highest BCUT2D eigenvalue weighted by atomic mass is 16.5. The van der Waals surface area contributed by atoms with E-state index in [0.717, 1.165) is 12.1 Å². The van der Waals surface area contributed by atoms with Gasteiger partial charge in [-0.2, -0.15) is 0 Å². The molecule has 0 unspecified atom stereocenters. The van der Waals surface area contributed by atoms with Crippen LogP contribution in [0.2, 0.25) is 0 Å². The molecule has 4 heterocycles. The van der Waals surface area contributed by atoms with E-state index in [0.29, 0.717) is 45.2 Å². The van der Waals surface area contributed by atoms with Crippen molar-refractivity contribution in [1.29, 1.82) is 0 Å². The number of carbonyl (C=O) groups excluding carboxylic acids is 1. The van der Waals surface area contributed by atoms with Gasteiger partial charge in [-0.3, -0.25) is 4.79 Å². The van der Waals surface area contributed by atoms with Crippen molar-refractivity contribution in [3.05, 3.63) is 17.5 Å². The normalized spacial score (nSPS) is 36.1. The molecule has 7 nitrogen and oxygen atoms in total. The topological polar surface area (TPSA) is 85.0 Å². The van der Waals surface area contributed by atoms with Gasteiger partial charge in [0, 0.05) is 50.1 Å². The molecule has 1 aromatic rings. The smallest absolute Gasteiger partial charge is 0.230 e. The molecule has 0 saturated carbocycles. The molecule has 4 atom stereocenters. The number of aryl methyl sites for hydroxylation is 1. The Bertz CT molecular complexity index is 618. The zero-order chi connectivity index (χ0) is 16.7. The molecule has 7 heteroatoms. The summed E-state index contributed by atoms with van der Waals surface area (Å²) in [6.07, 6.45) is 1.59. The van der Waals surface area contributed by atoms with Crippen molar-refractivity contribution >= 4 is 5.91 Å². The second kappa shape index (κ2) is 6.13. The lowest BCUT2D eigenvalue weighted by atomic mass is 9.66. The largest absolute Gasteiger partial charge is 0.389 e. The highest BCUT2D eigenvalue weighted by molar-refractivity contribution is 5.78. The monoisotopic (exact) mass is 336 g/mol. The number of aliphatic hydroxyl groups is 1. The minimum absolute atomic E-state index is 0.0228. The molecule has 0 aromatic carbocycles. The summed E-state index contributed by atoms with van der Waals surface area (Å²) in [5.41, 5.74) is -0.0152. The first-order chi connectivity index (χ1) is 11.6. The molecule has 0 radical (unpaired) electrons. The number of rotatable bonds is 2. The molecule has 24 heavy (non-hydrogen) atoms. The van der Waals surface area contributed by atoms with Crippen LogP contribution in [-0.2, 0) is 20.7 Å². The predicted molar refractivity (Wildman–Crippen MR) is 83.2 cm³/mol. The number of fused-ring (bicyclic) bond motifs is 3. The van der Waals surface area contributed by atoms with Gasteiger partial charge in [0.2, 0.25) is 5.91 Å². The van der Waals surface area contributed by atoms with E-state index in [-0.39, 0.29) is 30.2 Å². The quantitative estimate of drug-likeness (QED) is 0.848. The van der Waals surface area contributed by atoms with Crippen molar-refractivity contribution < 1.29 is 23.9 Å².